The van der Waals surface area contributed by atoms with Crippen LogP contribution >= 0.6 is 23.1 Å². The maximum Gasteiger partial charge on any atom is 0.0463 e. The van der Waals surface area contributed by atoms with Crippen molar-refractivity contribution in [3.05, 3.63) is 52.2 Å². The van der Waals surface area contributed by atoms with Crippen molar-refractivity contribution in [3.8, 4) is 0 Å². The predicted octanol–water partition coefficient (Wildman–Crippen LogP) is 3.61. The van der Waals surface area contributed by atoms with Crippen LogP contribution in [0.5, 0.6) is 0 Å². The van der Waals surface area contributed by atoms with Crippen molar-refractivity contribution in [2.75, 3.05) is 6.26 Å². The first-order chi connectivity index (χ1) is 8.83. The summed E-state index contributed by atoms with van der Waals surface area (Å²) >= 11 is 3.56. The van der Waals surface area contributed by atoms with Gasteiger partial charge >= 0.3 is 0 Å². The highest BCUT2D eigenvalue weighted by Gasteiger charge is 2.09. The molecule has 2 rings (SSSR count). The highest BCUT2D eigenvalue weighted by molar-refractivity contribution is 7.98. The summed E-state index contributed by atoms with van der Waals surface area (Å²) in [7, 11) is 0. The normalized spacial score (nSPS) is 12.6. The standard InChI is InChI=1S/C14H18N2S2/c1-17-12-6-4-11(5-7-12)14(16-15)9-8-13-3-2-10-18-13/h2-7,10,14,16H,8-9,15H2,1H3. The zero-order valence-electron chi connectivity index (χ0n) is 10.4. The summed E-state index contributed by atoms with van der Waals surface area (Å²) in [6.07, 6.45) is 4.18. The minimum atomic E-state index is 0.225. The molecule has 0 saturated heterocycles. The minimum Gasteiger partial charge on any atom is -0.271 e. The first kappa shape index (κ1) is 13.6. The summed E-state index contributed by atoms with van der Waals surface area (Å²) in [6.45, 7) is 0. The van der Waals surface area contributed by atoms with Gasteiger partial charge in [0.1, 0.15) is 0 Å². The van der Waals surface area contributed by atoms with Gasteiger partial charge in [0.2, 0.25) is 0 Å². The van der Waals surface area contributed by atoms with E-state index in [0.29, 0.717) is 0 Å². The van der Waals surface area contributed by atoms with Gasteiger partial charge in [0, 0.05) is 15.8 Å². The largest absolute Gasteiger partial charge is 0.271 e. The molecule has 1 atom stereocenters. The molecule has 0 spiro atoms. The van der Waals surface area contributed by atoms with Gasteiger partial charge < -0.3 is 0 Å². The van der Waals surface area contributed by atoms with Crippen LogP contribution in [0.2, 0.25) is 0 Å². The van der Waals surface area contributed by atoms with Crippen LogP contribution in [-0.4, -0.2) is 6.26 Å². The number of thioether (sulfide) groups is 1. The number of thiophene rings is 1. The molecule has 0 aliphatic rings. The van der Waals surface area contributed by atoms with Crippen LogP contribution in [0.3, 0.4) is 0 Å². The van der Waals surface area contributed by atoms with E-state index in [1.165, 1.54) is 15.3 Å². The number of nitrogens with one attached hydrogen (secondary N) is 1. The molecule has 1 aromatic heterocycles. The van der Waals surface area contributed by atoms with Gasteiger partial charge in [0.25, 0.3) is 0 Å². The molecule has 1 aromatic carbocycles. The van der Waals surface area contributed by atoms with E-state index in [4.69, 9.17) is 5.84 Å². The van der Waals surface area contributed by atoms with Crippen molar-refractivity contribution in [1.29, 1.82) is 0 Å². The summed E-state index contributed by atoms with van der Waals surface area (Å²) in [5.41, 5.74) is 4.17. The molecule has 0 aliphatic carbocycles. The second kappa shape index (κ2) is 6.95. The van der Waals surface area contributed by atoms with Gasteiger partial charge in [-0.05, 0) is 48.2 Å². The number of aryl methyl sites for hydroxylation is 1. The lowest BCUT2D eigenvalue weighted by atomic mass is 10.0. The lowest BCUT2D eigenvalue weighted by Gasteiger charge is -2.16. The molecule has 4 heteroatoms. The number of rotatable bonds is 6. The number of benzene rings is 1. The second-order valence-electron chi connectivity index (χ2n) is 4.11. The van der Waals surface area contributed by atoms with E-state index in [1.54, 1.807) is 23.1 Å². The Kier molecular flexibility index (Phi) is 5.26. The smallest absolute Gasteiger partial charge is 0.0463 e. The van der Waals surface area contributed by atoms with Crippen molar-refractivity contribution in [2.24, 2.45) is 5.84 Å². The molecule has 0 fully saturated rings. The Labute approximate surface area is 117 Å². The van der Waals surface area contributed by atoms with Crippen LogP contribution in [0.25, 0.3) is 0 Å². The molecule has 0 aliphatic heterocycles. The Balaban J connectivity index is 1.98. The third-order valence-electron chi connectivity index (χ3n) is 2.98. The van der Waals surface area contributed by atoms with Gasteiger partial charge in [0.15, 0.2) is 0 Å². The van der Waals surface area contributed by atoms with Crippen molar-refractivity contribution in [2.45, 2.75) is 23.8 Å². The Bertz CT molecular complexity index is 451. The van der Waals surface area contributed by atoms with Crippen LogP contribution in [0.4, 0.5) is 0 Å². The predicted molar refractivity (Wildman–Crippen MR) is 80.9 cm³/mol. The molecule has 3 N–H and O–H groups in total. The molecular formula is C14H18N2S2. The van der Waals surface area contributed by atoms with Crippen molar-refractivity contribution < 1.29 is 0 Å². The molecule has 1 heterocycles. The van der Waals surface area contributed by atoms with Crippen molar-refractivity contribution >= 4 is 23.1 Å². The molecule has 0 radical (unpaired) electrons. The van der Waals surface area contributed by atoms with Gasteiger partial charge in [-0.1, -0.05) is 18.2 Å². The maximum atomic E-state index is 5.66. The lowest BCUT2D eigenvalue weighted by Crippen LogP contribution is -2.28. The van der Waals surface area contributed by atoms with Gasteiger partial charge in [0.05, 0.1) is 0 Å². The van der Waals surface area contributed by atoms with Crippen LogP contribution in [0, 0.1) is 0 Å². The number of nitrogens with two attached hydrogens (primary N) is 1. The third-order valence-corrected chi connectivity index (χ3v) is 4.66. The molecule has 2 aromatic rings. The molecule has 96 valence electrons. The molecule has 2 nitrogen and oxygen atoms in total. The topological polar surface area (TPSA) is 38.0 Å². The Morgan fingerprint density at radius 3 is 2.61 bits per heavy atom. The molecular weight excluding hydrogens is 260 g/mol. The van der Waals surface area contributed by atoms with Gasteiger partial charge in [-0.3, -0.25) is 11.3 Å². The quantitative estimate of drug-likeness (QED) is 0.481. The summed E-state index contributed by atoms with van der Waals surface area (Å²) < 4.78 is 0. The number of hydrogen-bond acceptors (Lipinski definition) is 4. The fourth-order valence-electron chi connectivity index (χ4n) is 1.92. The first-order valence-corrected chi connectivity index (χ1v) is 8.06. The van der Waals surface area contributed by atoms with Crippen LogP contribution in [-0.2, 0) is 6.42 Å². The van der Waals surface area contributed by atoms with E-state index in [0.717, 1.165) is 12.8 Å². The highest BCUT2D eigenvalue weighted by Crippen LogP contribution is 2.23. The minimum absolute atomic E-state index is 0.225. The molecule has 1 unspecified atom stereocenters. The van der Waals surface area contributed by atoms with E-state index in [2.05, 4.69) is 53.5 Å². The van der Waals surface area contributed by atoms with Gasteiger partial charge in [-0.2, -0.15) is 0 Å². The van der Waals surface area contributed by atoms with Gasteiger partial charge in [-0.15, -0.1) is 23.1 Å². The van der Waals surface area contributed by atoms with E-state index in [9.17, 15) is 0 Å². The SMILES string of the molecule is CSc1ccc(C(CCc2cccs2)NN)cc1. The summed E-state index contributed by atoms with van der Waals surface area (Å²) in [5.74, 6) is 5.66. The van der Waals surface area contributed by atoms with Gasteiger partial charge in [-0.25, -0.2) is 0 Å². The number of hydrazine groups is 1. The molecule has 0 bridgehead atoms. The monoisotopic (exact) mass is 278 g/mol. The summed E-state index contributed by atoms with van der Waals surface area (Å²) in [6, 6.07) is 13.1. The van der Waals surface area contributed by atoms with E-state index >= 15 is 0 Å². The molecule has 18 heavy (non-hydrogen) atoms. The number of hydrogen-bond donors (Lipinski definition) is 2. The zero-order valence-corrected chi connectivity index (χ0v) is 12.1. The zero-order chi connectivity index (χ0) is 12.8. The average Bonchev–Trinajstić information content (AvgIpc) is 2.93. The summed E-state index contributed by atoms with van der Waals surface area (Å²) in [4.78, 5) is 2.70. The fourth-order valence-corrected chi connectivity index (χ4v) is 3.06. The second-order valence-corrected chi connectivity index (χ2v) is 6.02. The van der Waals surface area contributed by atoms with E-state index < -0.39 is 0 Å². The summed E-state index contributed by atoms with van der Waals surface area (Å²) in [5, 5.41) is 2.12. The average molecular weight is 278 g/mol. The lowest BCUT2D eigenvalue weighted by molar-refractivity contribution is 0.518. The first-order valence-electron chi connectivity index (χ1n) is 5.96. The highest BCUT2D eigenvalue weighted by atomic mass is 32.2. The van der Waals surface area contributed by atoms with Crippen molar-refractivity contribution in [3.63, 3.8) is 0 Å². The molecule has 0 amide bonds. The Hall–Kier alpha value is -0.810. The van der Waals surface area contributed by atoms with Crippen molar-refractivity contribution in [1.82, 2.24) is 5.43 Å². The Morgan fingerprint density at radius 2 is 2.06 bits per heavy atom. The molecule has 0 saturated carbocycles. The maximum absolute atomic E-state index is 5.66. The third kappa shape index (κ3) is 3.59. The Morgan fingerprint density at radius 1 is 1.28 bits per heavy atom. The van der Waals surface area contributed by atoms with Crippen LogP contribution < -0.4 is 11.3 Å². The van der Waals surface area contributed by atoms with E-state index in [1.807, 2.05) is 0 Å². The fraction of sp³-hybridized carbons (Fsp3) is 0.286. The van der Waals surface area contributed by atoms with Crippen LogP contribution in [0.1, 0.15) is 22.9 Å². The van der Waals surface area contributed by atoms with E-state index in [-0.39, 0.29) is 6.04 Å². The van der Waals surface area contributed by atoms with Crippen LogP contribution in [0.15, 0.2) is 46.7 Å².